The summed E-state index contributed by atoms with van der Waals surface area (Å²) in [5.74, 6) is -0.460. The zero-order valence-electron chi connectivity index (χ0n) is 24.0. The SMILES string of the molecule is CCCCCC[C@H](C/C=C\CCCCCCCC(=O)OC)OC(=O)[C@@](C)(OC)c1cccc2ccccc12. The molecule has 0 heterocycles. The number of benzene rings is 2. The van der Waals surface area contributed by atoms with Crippen molar-refractivity contribution in [2.24, 2.45) is 0 Å². The summed E-state index contributed by atoms with van der Waals surface area (Å²) in [5, 5.41) is 2.07. The highest BCUT2D eigenvalue weighted by atomic mass is 16.6. The van der Waals surface area contributed by atoms with Crippen LogP contribution in [0.15, 0.2) is 54.6 Å². The molecular formula is C33H48O5. The van der Waals surface area contributed by atoms with Gasteiger partial charge in [0, 0.05) is 25.5 Å². The van der Waals surface area contributed by atoms with Gasteiger partial charge in [0.25, 0.3) is 0 Å². The molecule has 0 amide bonds. The Bertz CT molecular complexity index is 993. The molecule has 0 aliphatic heterocycles. The van der Waals surface area contributed by atoms with Crippen molar-refractivity contribution in [1.29, 1.82) is 0 Å². The van der Waals surface area contributed by atoms with Crippen molar-refractivity contribution in [2.45, 2.75) is 109 Å². The van der Waals surface area contributed by atoms with E-state index >= 15 is 0 Å². The van der Waals surface area contributed by atoms with Crippen LogP contribution in [0.1, 0.15) is 103 Å². The van der Waals surface area contributed by atoms with Gasteiger partial charge in [-0.15, -0.1) is 0 Å². The molecule has 0 aliphatic carbocycles. The molecule has 38 heavy (non-hydrogen) atoms. The topological polar surface area (TPSA) is 61.8 Å². The van der Waals surface area contributed by atoms with E-state index in [1.807, 2.05) is 49.4 Å². The van der Waals surface area contributed by atoms with Gasteiger partial charge in [-0.2, -0.15) is 0 Å². The maximum absolute atomic E-state index is 13.6. The van der Waals surface area contributed by atoms with Gasteiger partial charge in [0.1, 0.15) is 6.10 Å². The lowest BCUT2D eigenvalue weighted by Gasteiger charge is -2.30. The number of allylic oxidation sites excluding steroid dienone is 1. The molecule has 0 saturated heterocycles. The molecule has 0 fully saturated rings. The Balaban J connectivity index is 1.93. The Morgan fingerprint density at radius 1 is 0.868 bits per heavy atom. The molecule has 5 nitrogen and oxygen atoms in total. The molecular weight excluding hydrogens is 476 g/mol. The Kier molecular flexibility index (Phi) is 14.8. The first-order chi connectivity index (χ1) is 18.5. The third-order valence-electron chi connectivity index (χ3n) is 7.30. The molecule has 0 radical (unpaired) electrons. The summed E-state index contributed by atoms with van der Waals surface area (Å²) in [4.78, 5) is 24.7. The number of rotatable bonds is 19. The van der Waals surface area contributed by atoms with Crippen LogP contribution in [-0.2, 0) is 29.4 Å². The molecule has 0 spiro atoms. The van der Waals surface area contributed by atoms with Crippen LogP contribution in [0.3, 0.4) is 0 Å². The molecule has 2 atom stereocenters. The predicted octanol–water partition coefficient (Wildman–Crippen LogP) is 8.43. The van der Waals surface area contributed by atoms with Crippen molar-refractivity contribution in [3.8, 4) is 0 Å². The van der Waals surface area contributed by atoms with Crippen molar-refractivity contribution < 1.29 is 23.8 Å². The Hall–Kier alpha value is -2.66. The predicted molar refractivity (Wildman–Crippen MR) is 155 cm³/mol. The minimum absolute atomic E-state index is 0.124. The number of carbonyl (C=O) groups is 2. The van der Waals surface area contributed by atoms with E-state index in [0.717, 1.165) is 74.1 Å². The third-order valence-corrected chi connectivity index (χ3v) is 7.30. The monoisotopic (exact) mass is 524 g/mol. The van der Waals surface area contributed by atoms with E-state index < -0.39 is 5.60 Å². The molecule has 210 valence electrons. The van der Waals surface area contributed by atoms with Crippen LogP contribution >= 0.6 is 0 Å². The number of hydrogen-bond donors (Lipinski definition) is 0. The number of fused-ring (bicyclic) bond motifs is 1. The number of methoxy groups -OCH3 is 2. The second-order valence-electron chi connectivity index (χ2n) is 10.2. The smallest absolute Gasteiger partial charge is 0.343 e. The zero-order chi connectivity index (χ0) is 27.6. The van der Waals surface area contributed by atoms with Crippen molar-refractivity contribution in [2.75, 3.05) is 14.2 Å². The minimum atomic E-state index is -1.18. The Labute approximate surface area is 229 Å². The number of esters is 2. The number of hydrogen-bond acceptors (Lipinski definition) is 5. The highest BCUT2D eigenvalue weighted by Gasteiger charge is 2.39. The summed E-state index contributed by atoms with van der Waals surface area (Å²) in [5.41, 5.74) is -0.352. The molecule has 0 saturated carbocycles. The number of ether oxygens (including phenoxy) is 3. The third kappa shape index (κ3) is 10.2. The lowest BCUT2D eigenvalue weighted by atomic mass is 9.90. The summed E-state index contributed by atoms with van der Waals surface area (Å²) in [6.45, 7) is 4.01. The van der Waals surface area contributed by atoms with E-state index in [9.17, 15) is 9.59 Å². The highest BCUT2D eigenvalue weighted by molar-refractivity contribution is 5.92. The quantitative estimate of drug-likeness (QED) is 0.105. The molecule has 0 bridgehead atoms. The number of unbranched alkanes of at least 4 members (excludes halogenated alkanes) is 8. The summed E-state index contributed by atoms with van der Waals surface area (Å²) >= 11 is 0. The fraction of sp³-hybridized carbons (Fsp3) is 0.576. The zero-order valence-corrected chi connectivity index (χ0v) is 24.0. The lowest BCUT2D eigenvalue weighted by molar-refractivity contribution is -0.174. The van der Waals surface area contributed by atoms with Gasteiger partial charge in [-0.1, -0.05) is 100 Å². The maximum atomic E-state index is 13.6. The molecule has 2 rings (SSSR count). The van der Waals surface area contributed by atoms with Crippen molar-refractivity contribution in [3.63, 3.8) is 0 Å². The lowest BCUT2D eigenvalue weighted by Crippen LogP contribution is -2.38. The van der Waals surface area contributed by atoms with Crippen LogP contribution in [0.5, 0.6) is 0 Å². The van der Waals surface area contributed by atoms with Gasteiger partial charge < -0.3 is 14.2 Å². The van der Waals surface area contributed by atoms with Crippen molar-refractivity contribution in [3.05, 3.63) is 60.2 Å². The largest absolute Gasteiger partial charge is 0.469 e. The second kappa shape index (κ2) is 17.8. The van der Waals surface area contributed by atoms with E-state index in [1.165, 1.54) is 20.0 Å². The van der Waals surface area contributed by atoms with Crippen LogP contribution in [0.25, 0.3) is 10.8 Å². The first kappa shape index (κ1) is 31.6. The van der Waals surface area contributed by atoms with Gasteiger partial charge >= 0.3 is 11.9 Å². The van der Waals surface area contributed by atoms with Crippen LogP contribution in [0.2, 0.25) is 0 Å². The molecule has 0 aromatic heterocycles. The molecule has 5 heteroatoms. The maximum Gasteiger partial charge on any atom is 0.343 e. The Morgan fingerprint density at radius 3 is 2.34 bits per heavy atom. The standard InChI is InChI=1S/C33H48O5/c1-5-6-7-14-22-28(23-15-12-10-8-9-11-13-16-26-31(34)36-3)38-32(35)33(2,37-4)30-25-19-21-27-20-17-18-24-29(27)30/h12,15,17-21,24-25,28H,5-11,13-14,16,22-23,26H2,1-4H3/b15-12-/t28-,33+/m1/s1. The van der Waals surface area contributed by atoms with Gasteiger partial charge in [0.2, 0.25) is 0 Å². The van der Waals surface area contributed by atoms with Gasteiger partial charge in [0.15, 0.2) is 5.60 Å². The minimum Gasteiger partial charge on any atom is -0.469 e. The normalized spacial score (nSPS) is 13.9. The van der Waals surface area contributed by atoms with Gasteiger partial charge in [-0.3, -0.25) is 4.79 Å². The molecule has 0 aliphatic rings. The van der Waals surface area contributed by atoms with Crippen LogP contribution in [0, 0.1) is 0 Å². The van der Waals surface area contributed by atoms with E-state index in [0.29, 0.717) is 12.8 Å². The van der Waals surface area contributed by atoms with Crippen molar-refractivity contribution in [1.82, 2.24) is 0 Å². The van der Waals surface area contributed by atoms with Crippen LogP contribution < -0.4 is 0 Å². The molecule has 2 aromatic carbocycles. The van der Waals surface area contributed by atoms with E-state index in [2.05, 4.69) is 23.8 Å². The van der Waals surface area contributed by atoms with E-state index in [-0.39, 0.29) is 18.0 Å². The Morgan fingerprint density at radius 2 is 1.58 bits per heavy atom. The van der Waals surface area contributed by atoms with Gasteiger partial charge in [-0.25, -0.2) is 4.79 Å². The summed E-state index contributed by atoms with van der Waals surface area (Å²) < 4.78 is 16.7. The first-order valence-corrected chi connectivity index (χ1v) is 14.4. The molecule has 0 unspecified atom stereocenters. The highest BCUT2D eigenvalue weighted by Crippen LogP contribution is 2.33. The number of carbonyl (C=O) groups excluding carboxylic acids is 2. The average molecular weight is 525 g/mol. The summed E-state index contributed by atoms with van der Waals surface area (Å²) in [6, 6.07) is 14.0. The molecule has 2 aromatic rings. The second-order valence-corrected chi connectivity index (χ2v) is 10.2. The van der Waals surface area contributed by atoms with E-state index in [1.54, 1.807) is 7.11 Å². The van der Waals surface area contributed by atoms with Crippen LogP contribution in [-0.4, -0.2) is 32.3 Å². The summed E-state index contributed by atoms with van der Waals surface area (Å²) in [7, 11) is 3.02. The summed E-state index contributed by atoms with van der Waals surface area (Å²) in [6.07, 6.45) is 17.2. The fourth-order valence-electron chi connectivity index (χ4n) is 4.76. The molecule has 0 N–H and O–H groups in total. The van der Waals surface area contributed by atoms with Crippen molar-refractivity contribution >= 4 is 22.7 Å². The van der Waals surface area contributed by atoms with Gasteiger partial charge in [-0.05, 0) is 49.8 Å². The van der Waals surface area contributed by atoms with Crippen LogP contribution in [0.4, 0.5) is 0 Å². The van der Waals surface area contributed by atoms with Gasteiger partial charge in [0.05, 0.1) is 7.11 Å². The average Bonchev–Trinajstić information content (AvgIpc) is 2.94. The van der Waals surface area contributed by atoms with E-state index in [4.69, 9.17) is 9.47 Å². The first-order valence-electron chi connectivity index (χ1n) is 14.4. The fourth-order valence-corrected chi connectivity index (χ4v) is 4.76.